The molecule has 0 spiro atoms. The zero-order valence-electron chi connectivity index (χ0n) is 14.9. The fraction of sp³-hybridized carbons (Fsp3) is 0.0435. The Balaban J connectivity index is 1.92. The minimum Gasteiger partial charge on any atom is -0.268 e. The number of carbonyl (C=O) groups excluding carboxylic acids is 2. The van der Waals surface area contributed by atoms with Crippen LogP contribution in [0.3, 0.4) is 0 Å². The molecule has 0 fully saturated rings. The van der Waals surface area contributed by atoms with E-state index in [2.05, 4.69) is 0 Å². The summed E-state index contributed by atoms with van der Waals surface area (Å²) in [5.41, 5.74) is 3.62. The fourth-order valence-electron chi connectivity index (χ4n) is 3.27. The smallest absolute Gasteiger partial charge is 0.265 e. The molecule has 0 aliphatic carbocycles. The summed E-state index contributed by atoms with van der Waals surface area (Å²) in [7, 11) is 0. The first kappa shape index (κ1) is 18.5. The molecular formula is C23H15Cl2NO2. The number of benzene rings is 3. The molecule has 2 amide bonds. The van der Waals surface area contributed by atoms with Gasteiger partial charge in [-0.15, -0.1) is 0 Å². The minimum absolute atomic E-state index is 0.342. The summed E-state index contributed by atoms with van der Waals surface area (Å²) in [5, 5.41) is 0.948. The summed E-state index contributed by atoms with van der Waals surface area (Å²) in [6.07, 6.45) is 1.70. The molecule has 1 aliphatic heterocycles. The third-order valence-corrected chi connectivity index (χ3v) is 5.17. The van der Waals surface area contributed by atoms with E-state index in [1.54, 1.807) is 54.6 Å². The monoisotopic (exact) mass is 407 g/mol. The van der Waals surface area contributed by atoms with Gasteiger partial charge in [-0.25, -0.2) is 4.90 Å². The largest absolute Gasteiger partial charge is 0.268 e. The number of aryl methyl sites for hydroxylation is 1. The van der Waals surface area contributed by atoms with Crippen molar-refractivity contribution in [2.45, 2.75) is 6.92 Å². The number of hydrogen-bond donors (Lipinski definition) is 0. The maximum atomic E-state index is 13.4. The van der Waals surface area contributed by atoms with Crippen molar-refractivity contribution in [3.8, 4) is 0 Å². The standard InChI is InChI=1S/C23H15Cl2NO2/c1-14-5-4-6-17(11-14)26-22(27)19-8-3-2-7-18(19)20(23(26)28)12-15-9-10-16(24)13-21(15)25/h2-13H,1H3. The molecule has 0 aromatic heterocycles. The molecule has 1 heterocycles. The molecule has 0 saturated carbocycles. The first-order valence-corrected chi connectivity index (χ1v) is 9.43. The highest BCUT2D eigenvalue weighted by Crippen LogP contribution is 2.35. The number of halogens is 2. The first-order chi connectivity index (χ1) is 13.5. The van der Waals surface area contributed by atoms with Crippen LogP contribution < -0.4 is 4.90 Å². The van der Waals surface area contributed by atoms with Gasteiger partial charge in [0, 0.05) is 21.2 Å². The molecule has 4 rings (SSSR count). The summed E-state index contributed by atoms with van der Waals surface area (Å²) in [6.45, 7) is 1.92. The minimum atomic E-state index is -0.389. The fourth-order valence-corrected chi connectivity index (χ4v) is 3.73. The van der Waals surface area contributed by atoms with Crippen molar-refractivity contribution in [1.29, 1.82) is 0 Å². The second-order valence-corrected chi connectivity index (χ2v) is 7.40. The molecule has 0 bridgehead atoms. The van der Waals surface area contributed by atoms with Gasteiger partial charge in [-0.1, -0.05) is 59.6 Å². The van der Waals surface area contributed by atoms with Crippen molar-refractivity contribution < 1.29 is 9.59 Å². The Labute approximate surface area is 172 Å². The van der Waals surface area contributed by atoms with Gasteiger partial charge in [-0.2, -0.15) is 0 Å². The number of rotatable bonds is 2. The Morgan fingerprint density at radius 1 is 0.821 bits per heavy atom. The van der Waals surface area contributed by atoms with Crippen LogP contribution in [0.1, 0.15) is 27.0 Å². The van der Waals surface area contributed by atoms with Gasteiger partial charge < -0.3 is 0 Å². The average molecular weight is 408 g/mol. The van der Waals surface area contributed by atoms with Crippen LogP contribution in [-0.2, 0) is 4.79 Å². The molecule has 0 unspecified atom stereocenters. The van der Waals surface area contributed by atoms with Crippen molar-refractivity contribution in [3.05, 3.63) is 99.0 Å². The molecule has 0 atom stereocenters. The Hall–Kier alpha value is -2.88. The second-order valence-electron chi connectivity index (χ2n) is 6.55. The molecule has 0 N–H and O–H groups in total. The third-order valence-electron chi connectivity index (χ3n) is 4.61. The van der Waals surface area contributed by atoms with Crippen molar-refractivity contribution in [3.63, 3.8) is 0 Å². The Kier molecular flexibility index (Phi) is 4.80. The predicted molar refractivity (Wildman–Crippen MR) is 114 cm³/mol. The lowest BCUT2D eigenvalue weighted by Gasteiger charge is -2.29. The SMILES string of the molecule is Cc1cccc(N2C(=O)C(=Cc3ccc(Cl)cc3Cl)c3ccccc3C2=O)c1. The normalized spacial score (nSPS) is 15.1. The topological polar surface area (TPSA) is 37.4 Å². The van der Waals surface area contributed by atoms with Gasteiger partial charge in [0.25, 0.3) is 11.8 Å². The van der Waals surface area contributed by atoms with Gasteiger partial charge in [0.1, 0.15) is 0 Å². The summed E-state index contributed by atoms with van der Waals surface area (Å²) in [5.74, 6) is -0.731. The van der Waals surface area contributed by atoms with E-state index >= 15 is 0 Å². The van der Waals surface area contributed by atoms with Crippen LogP contribution in [0, 0.1) is 6.92 Å². The maximum absolute atomic E-state index is 13.4. The molecule has 28 heavy (non-hydrogen) atoms. The van der Waals surface area contributed by atoms with Crippen LogP contribution in [0.25, 0.3) is 11.6 Å². The van der Waals surface area contributed by atoms with Gasteiger partial charge in [-0.3, -0.25) is 9.59 Å². The Morgan fingerprint density at radius 2 is 1.57 bits per heavy atom. The second kappa shape index (κ2) is 7.27. The van der Waals surface area contributed by atoms with E-state index in [0.717, 1.165) is 5.56 Å². The molecule has 3 nitrogen and oxygen atoms in total. The lowest BCUT2D eigenvalue weighted by molar-refractivity contribution is -0.112. The number of carbonyl (C=O) groups is 2. The van der Waals surface area contributed by atoms with E-state index in [0.29, 0.717) is 38.0 Å². The maximum Gasteiger partial charge on any atom is 0.265 e. The molecule has 3 aromatic carbocycles. The van der Waals surface area contributed by atoms with Gasteiger partial charge in [-0.05, 0) is 60.0 Å². The molecule has 0 radical (unpaired) electrons. The Morgan fingerprint density at radius 3 is 2.29 bits per heavy atom. The van der Waals surface area contributed by atoms with E-state index in [-0.39, 0.29) is 11.8 Å². The number of nitrogens with zero attached hydrogens (tertiary/aromatic N) is 1. The van der Waals surface area contributed by atoms with Gasteiger partial charge in [0.15, 0.2) is 0 Å². The Bertz CT molecular complexity index is 1150. The van der Waals surface area contributed by atoms with E-state index in [9.17, 15) is 9.59 Å². The van der Waals surface area contributed by atoms with Crippen LogP contribution in [0.2, 0.25) is 10.0 Å². The van der Waals surface area contributed by atoms with E-state index in [1.807, 2.05) is 25.1 Å². The molecular weight excluding hydrogens is 393 g/mol. The average Bonchev–Trinajstić information content (AvgIpc) is 2.67. The van der Waals surface area contributed by atoms with Crippen molar-refractivity contribution in [2.24, 2.45) is 0 Å². The number of hydrogen-bond acceptors (Lipinski definition) is 2. The van der Waals surface area contributed by atoms with Crippen molar-refractivity contribution in [1.82, 2.24) is 0 Å². The lowest BCUT2D eigenvalue weighted by Crippen LogP contribution is -2.41. The number of amides is 2. The van der Waals surface area contributed by atoms with Gasteiger partial charge >= 0.3 is 0 Å². The van der Waals surface area contributed by atoms with Crippen LogP contribution in [0.15, 0.2) is 66.7 Å². The number of imide groups is 1. The zero-order valence-corrected chi connectivity index (χ0v) is 16.5. The van der Waals surface area contributed by atoms with E-state index in [4.69, 9.17) is 23.2 Å². The zero-order chi connectivity index (χ0) is 19.8. The molecule has 1 aliphatic rings. The highest BCUT2D eigenvalue weighted by molar-refractivity contribution is 6.43. The molecule has 0 saturated heterocycles. The number of anilines is 1. The first-order valence-electron chi connectivity index (χ1n) is 8.67. The van der Waals surface area contributed by atoms with Crippen molar-refractivity contribution >= 4 is 52.4 Å². The quantitative estimate of drug-likeness (QED) is 0.384. The predicted octanol–water partition coefficient (Wildman–Crippen LogP) is 6.03. The summed E-state index contributed by atoms with van der Waals surface area (Å²) in [4.78, 5) is 27.7. The van der Waals surface area contributed by atoms with Crippen LogP contribution in [-0.4, -0.2) is 11.8 Å². The highest BCUT2D eigenvalue weighted by atomic mass is 35.5. The summed E-state index contributed by atoms with van der Waals surface area (Å²) < 4.78 is 0. The third kappa shape index (κ3) is 3.24. The summed E-state index contributed by atoms with van der Waals surface area (Å²) in [6, 6.07) is 19.5. The molecule has 138 valence electrons. The highest BCUT2D eigenvalue weighted by Gasteiger charge is 2.35. The summed E-state index contributed by atoms with van der Waals surface area (Å²) >= 11 is 12.3. The molecule has 5 heteroatoms. The van der Waals surface area contributed by atoms with Gasteiger partial charge in [0.05, 0.1) is 5.69 Å². The van der Waals surface area contributed by atoms with Crippen LogP contribution >= 0.6 is 23.2 Å². The van der Waals surface area contributed by atoms with Crippen molar-refractivity contribution in [2.75, 3.05) is 4.90 Å². The van der Waals surface area contributed by atoms with Crippen LogP contribution in [0.5, 0.6) is 0 Å². The van der Waals surface area contributed by atoms with Gasteiger partial charge in [0.2, 0.25) is 0 Å². The number of fused-ring (bicyclic) bond motifs is 1. The van der Waals surface area contributed by atoms with Crippen LogP contribution in [0.4, 0.5) is 5.69 Å². The lowest BCUT2D eigenvalue weighted by atomic mass is 9.91. The van der Waals surface area contributed by atoms with E-state index in [1.165, 1.54) is 4.90 Å². The van der Waals surface area contributed by atoms with E-state index < -0.39 is 0 Å². The molecule has 3 aromatic rings.